The van der Waals surface area contributed by atoms with Gasteiger partial charge in [0.1, 0.15) is 0 Å². The molecule has 0 saturated heterocycles. The van der Waals surface area contributed by atoms with E-state index >= 15 is 0 Å². The van der Waals surface area contributed by atoms with Crippen molar-refractivity contribution in [2.24, 2.45) is 0 Å². The molecule has 0 rings (SSSR count). The third-order valence-electron chi connectivity index (χ3n) is 0.422. The van der Waals surface area contributed by atoms with Gasteiger partial charge in [-0.15, -0.1) is 25.3 Å². The molecule has 0 aromatic rings. The van der Waals surface area contributed by atoms with E-state index < -0.39 is 21.2 Å². The Morgan fingerprint density at radius 3 is 0.667 bits per heavy atom. The minimum Gasteiger partial charge on any atom is -0.351 e. The molecular formula is C6H14N2O8S2. The smallest absolute Gasteiger partial charge is 0.351 e. The van der Waals surface area contributed by atoms with E-state index in [1.165, 1.54) is 9.80 Å². The van der Waals surface area contributed by atoms with Crippen molar-refractivity contribution in [1.82, 2.24) is 9.80 Å². The fourth-order valence-corrected chi connectivity index (χ4v) is 0. The summed E-state index contributed by atoms with van der Waals surface area (Å²) in [6, 6.07) is 0. The van der Waals surface area contributed by atoms with E-state index in [0.717, 1.165) is 12.8 Å². The number of hydrogen-bond acceptors (Lipinski definition) is 8. The van der Waals surface area contributed by atoms with Crippen molar-refractivity contribution >= 4 is 34.0 Å². The normalized spacial score (nSPS) is 6.44. The third kappa shape index (κ3) is 518. The van der Waals surface area contributed by atoms with Gasteiger partial charge in [-0.2, -0.15) is 0 Å². The minimum absolute atomic E-state index is 0.750. The molecule has 0 fully saturated rings. The van der Waals surface area contributed by atoms with E-state index in [1.54, 1.807) is 28.2 Å². The molecule has 0 radical (unpaired) electrons. The van der Waals surface area contributed by atoms with Crippen molar-refractivity contribution in [3.8, 4) is 0 Å². The number of hydrogen-bond donors (Lipinski definition) is 0. The molecule has 18 heavy (non-hydrogen) atoms. The first-order valence-electron chi connectivity index (χ1n) is 3.78. The molecule has 0 aromatic carbocycles. The molecule has 0 aliphatic rings. The van der Waals surface area contributed by atoms with E-state index in [-0.39, 0.29) is 0 Å². The number of rotatable bonds is 2. The Balaban J connectivity index is -0.0000000731. The van der Waals surface area contributed by atoms with Gasteiger partial charge in [0.05, 0.1) is 0 Å². The van der Waals surface area contributed by atoms with E-state index in [4.69, 9.17) is 25.3 Å². The van der Waals surface area contributed by atoms with Crippen molar-refractivity contribution in [2.75, 3.05) is 28.2 Å². The van der Waals surface area contributed by atoms with Gasteiger partial charge in [-0.1, -0.05) is 0 Å². The zero-order valence-electron chi connectivity index (χ0n) is 10.1. The van der Waals surface area contributed by atoms with Crippen LogP contribution in [0.2, 0.25) is 0 Å². The Morgan fingerprint density at radius 2 is 0.667 bits per heavy atom. The fourth-order valence-electron chi connectivity index (χ4n) is 0. The predicted octanol–water partition coefficient (Wildman–Crippen LogP) is -2.60. The van der Waals surface area contributed by atoms with E-state index in [2.05, 4.69) is 0 Å². The highest BCUT2D eigenvalue weighted by Gasteiger charge is 1.68. The second-order valence-corrected chi connectivity index (χ2v) is 3.36. The van der Waals surface area contributed by atoms with Crippen LogP contribution in [0.1, 0.15) is 0 Å². The molecule has 0 saturated carbocycles. The average molecular weight is 306 g/mol. The Kier molecular flexibility index (Phi) is 28.7. The van der Waals surface area contributed by atoms with Crippen LogP contribution in [-0.4, -0.2) is 76.1 Å². The van der Waals surface area contributed by atoms with Gasteiger partial charge in [0.15, 0.2) is 0 Å². The molecule has 0 aliphatic heterocycles. The van der Waals surface area contributed by atoms with Crippen molar-refractivity contribution in [3.63, 3.8) is 0 Å². The summed E-state index contributed by atoms with van der Waals surface area (Å²) < 4.78 is 50.7. The lowest BCUT2D eigenvalue weighted by molar-refractivity contribution is -0.116. The minimum atomic E-state index is -3.11. The van der Waals surface area contributed by atoms with Gasteiger partial charge in [-0.05, 0) is 0 Å². The van der Waals surface area contributed by atoms with Gasteiger partial charge in [0.2, 0.25) is 12.8 Å². The van der Waals surface area contributed by atoms with Gasteiger partial charge in [-0.25, -0.2) is 0 Å². The molecule has 108 valence electrons. The maximum Gasteiger partial charge on any atom is 0.425 e. The summed E-state index contributed by atoms with van der Waals surface area (Å²) >= 11 is 0. The monoisotopic (exact) mass is 306 g/mol. The first-order chi connectivity index (χ1) is 8.00. The van der Waals surface area contributed by atoms with Crippen LogP contribution in [0.15, 0.2) is 0 Å². The molecule has 12 heteroatoms. The molecule has 0 heterocycles. The molecule has 10 nitrogen and oxygen atoms in total. The van der Waals surface area contributed by atoms with Crippen LogP contribution in [0.5, 0.6) is 0 Å². The van der Waals surface area contributed by atoms with Crippen LogP contribution in [0, 0.1) is 0 Å². The summed E-state index contributed by atoms with van der Waals surface area (Å²) in [5.74, 6) is 0. The summed E-state index contributed by atoms with van der Waals surface area (Å²) in [6.07, 6.45) is 1.50. The molecule has 0 bridgehead atoms. The summed E-state index contributed by atoms with van der Waals surface area (Å²) in [4.78, 5) is 21.8. The van der Waals surface area contributed by atoms with Crippen molar-refractivity contribution in [2.45, 2.75) is 0 Å². The Hall–Kier alpha value is -1.82. The van der Waals surface area contributed by atoms with Crippen LogP contribution < -0.4 is 0 Å². The van der Waals surface area contributed by atoms with E-state index in [0.29, 0.717) is 0 Å². The van der Waals surface area contributed by atoms with Crippen LogP contribution in [0.25, 0.3) is 0 Å². The zero-order chi connectivity index (χ0) is 15.7. The van der Waals surface area contributed by atoms with Crippen LogP contribution in [0.3, 0.4) is 0 Å². The molecule has 2 amide bonds. The number of carbonyl (C=O) groups excluding carboxylic acids is 2. The lowest BCUT2D eigenvalue weighted by atomic mass is 11.0. The van der Waals surface area contributed by atoms with Gasteiger partial charge < -0.3 is 9.80 Å². The molecule has 0 aromatic heterocycles. The lowest BCUT2D eigenvalue weighted by Gasteiger charge is -1.93. The van der Waals surface area contributed by atoms with Gasteiger partial charge in [-0.3, -0.25) is 9.59 Å². The maximum atomic E-state index is 9.43. The fraction of sp³-hybridized carbons (Fsp3) is 0.667. The molecule has 0 unspecified atom stereocenters. The number of nitrogens with zero attached hydrogens (tertiary/aromatic N) is 2. The van der Waals surface area contributed by atoms with Gasteiger partial charge >= 0.3 is 21.2 Å². The first kappa shape index (κ1) is 25.1. The summed E-state index contributed by atoms with van der Waals surface area (Å²) in [6.45, 7) is 0. The summed E-state index contributed by atoms with van der Waals surface area (Å²) in [7, 11) is 0.528. The summed E-state index contributed by atoms with van der Waals surface area (Å²) in [5.41, 5.74) is 0. The second-order valence-electron chi connectivity index (χ2n) is 2.55. The largest absolute Gasteiger partial charge is 0.425 e. The van der Waals surface area contributed by atoms with Crippen LogP contribution in [0.4, 0.5) is 0 Å². The van der Waals surface area contributed by atoms with E-state index in [9.17, 15) is 9.59 Å². The maximum absolute atomic E-state index is 9.43. The Bertz CT molecular complexity index is 339. The molecular weight excluding hydrogens is 292 g/mol. The predicted molar refractivity (Wildman–Crippen MR) is 58.9 cm³/mol. The van der Waals surface area contributed by atoms with Crippen molar-refractivity contribution in [3.05, 3.63) is 0 Å². The Morgan fingerprint density at radius 1 is 0.611 bits per heavy atom. The quantitative estimate of drug-likeness (QED) is 0.505. The second kappa shape index (κ2) is 20.6. The van der Waals surface area contributed by atoms with Crippen molar-refractivity contribution < 1.29 is 34.8 Å². The SMILES string of the molecule is CN(C)C=O.CN(C)C=O.O=S(=O)=O.O=S(=O)=O. The van der Waals surface area contributed by atoms with Crippen molar-refractivity contribution in [1.29, 1.82) is 0 Å². The topological polar surface area (TPSA) is 143 Å². The van der Waals surface area contributed by atoms with Crippen LogP contribution in [-0.2, 0) is 30.8 Å². The molecule has 0 aliphatic carbocycles. The highest BCUT2D eigenvalue weighted by Crippen LogP contribution is 1.52. The lowest BCUT2D eigenvalue weighted by Crippen LogP contribution is -2.06. The Labute approximate surface area is 107 Å². The van der Waals surface area contributed by atoms with Gasteiger partial charge in [0.25, 0.3) is 0 Å². The zero-order valence-corrected chi connectivity index (χ0v) is 11.8. The van der Waals surface area contributed by atoms with E-state index in [1.807, 2.05) is 0 Å². The highest BCUT2D eigenvalue weighted by atomic mass is 32.2. The summed E-state index contributed by atoms with van der Waals surface area (Å²) in [5, 5.41) is 0. The molecule has 0 N–H and O–H groups in total. The standard InChI is InChI=1S/2C3H7NO.2O3S/c2*1-4(2)3-5;2*1-4(2)3/h2*3H,1-2H3;;. The highest BCUT2D eigenvalue weighted by molar-refractivity contribution is 7.59. The average Bonchev–Trinajstić information content (AvgIpc) is 2.16. The first-order valence-corrected chi connectivity index (χ1v) is 5.78. The molecule has 0 atom stereocenters. The number of carbonyl (C=O) groups is 2. The third-order valence-corrected chi connectivity index (χ3v) is 0.422. The number of amides is 2. The van der Waals surface area contributed by atoms with Gasteiger partial charge in [0, 0.05) is 28.2 Å². The van der Waals surface area contributed by atoms with Crippen LogP contribution >= 0.6 is 0 Å². The molecule has 0 spiro atoms.